The molecule has 20 heavy (non-hydrogen) atoms. The summed E-state index contributed by atoms with van der Waals surface area (Å²) in [5.41, 5.74) is 0.492. The molecule has 0 radical (unpaired) electrons. The number of morpholine rings is 1. The third-order valence-electron chi connectivity index (χ3n) is 3.12. The van der Waals surface area contributed by atoms with E-state index in [-0.39, 0.29) is 5.03 Å². The Balaban J connectivity index is 1.93. The van der Waals surface area contributed by atoms with Crippen molar-refractivity contribution in [2.75, 3.05) is 51.8 Å². The van der Waals surface area contributed by atoms with E-state index in [2.05, 4.69) is 19.9 Å². The van der Waals surface area contributed by atoms with Gasteiger partial charge in [0, 0.05) is 39.4 Å². The molecule has 0 aliphatic carbocycles. The first kappa shape index (κ1) is 15.2. The number of pyridine rings is 1. The topological polar surface area (TPSA) is 83.6 Å². The third kappa shape index (κ3) is 3.89. The fraction of sp³-hybridized carbons (Fsp3) is 0.583. The molecular weight excluding hydrogens is 280 g/mol. The molecule has 0 bridgehead atoms. The third-order valence-corrected chi connectivity index (χ3v) is 4.54. The minimum absolute atomic E-state index is 0.0319. The van der Waals surface area contributed by atoms with Gasteiger partial charge in [-0.1, -0.05) is 0 Å². The summed E-state index contributed by atoms with van der Waals surface area (Å²) in [4.78, 5) is 6.11. The van der Waals surface area contributed by atoms with Crippen molar-refractivity contribution in [3.63, 3.8) is 0 Å². The Morgan fingerprint density at radius 1 is 1.40 bits per heavy atom. The van der Waals surface area contributed by atoms with E-state index in [1.54, 1.807) is 19.2 Å². The molecule has 0 amide bonds. The largest absolute Gasteiger partial charge is 0.386 e. The summed E-state index contributed by atoms with van der Waals surface area (Å²) < 4.78 is 32.2. The van der Waals surface area contributed by atoms with E-state index in [0.29, 0.717) is 32.0 Å². The van der Waals surface area contributed by atoms with Gasteiger partial charge in [-0.05, 0) is 12.1 Å². The monoisotopic (exact) mass is 300 g/mol. The Morgan fingerprint density at radius 3 is 2.85 bits per heavy atom. The van der Waals surface area contributed by atoms with Crippen LogP contribution in [0.15, 0.2) is 23.4 Å². The quantitative estimate of drug-likeness (QED) is 0.753. The number of sulfonamides is 1. The van der Waals surface area contributed by atoms with Crippen LogP contribution in [0.3, 0.4) is 0 Å². The van der Waals surface area contributed by atoms with Gasteiger partial charge in [0.15, 0.2) is 5.03 Å². The van der Waals surface area contributed by atoms with Gasteiger partial charge in [0.25, 0.3) is 10.0 Å². The summed E-state index contributed by atoms with van der Waals surface area (Å²) in [6, 6.07) is 3.38. The maximum Gasteiger partial charge on any atom is 0.260 e. The van der Waals surface area contributed by atoms with E-state index in [1.165, 1.54) is 6.20 Å². The van der Waals surface area contributed by atoms with Gasteiger partial charge >= 0.3 is 0 Å². The lowest BCUT2D eigenvalue weighted by Gasteiger charge is -2.26. The molecule has 8 heteroatoms. The van der Waals surface area contributed by atoms with Crippen LogP contribution in [0.5, 0.6) is 0 Å². The van der Waals surface area contributed by atoms with Crippen LogP contribution in [-0.4, -0.2) is 64.7 Å². The highest BCUT2D eigenvalue weighted by atomic mass is 32.2. The van der Waals surface area contributed by atoms with Gasteiger partial charge in [-0.25, -0.2) is 18.1 Å². The lowest BCUT2D eigenvalue weighted by Crippen LogP contribution is -2.41. The second kappa shape index (κ2) is 6.98. The Bertz CT molecular complexity index is 529. The molecule has 112 valence electrons. The fourth-order valence-corrected chi connectivity index (χ4v) is 3.18. The highest BCUT2D eigenvalue weighted by Gasteiger charge is 2.19. The molecule has 2 N–H and O–H groups in total. The van der Waals surface area contributed by atoms with Crippen LogP contribution >= 0.6 is 0 Å². The van der Waals surface area contributed by atoms with Crippen LogP contribution in [-0.2, 0) is 14.8 Å². The molecule has 0 aromatic carbocycles. The molecule has 1 saturated heterocycles. The van der Waals surface area contributed by atoms with Crippen LogP contribution in [0.1, 0.15) is 0 Å². The lowest BCUT2D eigenvalue weighted by molar-refractivity contribution is 0.0390. The first-order chi connectivity index (χ1) is 9.63. The summed E-state index contributed by atoms with van der Waals surface area (Å²) in [5, 5.41) is 2.86. The molecule has 1 aliphatic rings. The summed E-state index contributed by atoms with van der Waals surface area (Å²) in [6.07, 6.45) is 1.47. The SMILES string of the molecule is CNc1cccnc1S(=O)(=O)NCCN1CCOCC1. The van der Waals surface area contributed by atoms with Crippen LogP contribution in [0.2, 0.25) is 0 Å². The van der Waals surface area contributed by atoms with E-state index in [4.69, 9.17) is 4.74 Å². The van der Waals surface area contributed by atoms with Gasteiger partial charge in [-0.2, -0.15) is 0 Å². The van der Waals surface area contributed by atoms with Crippen molar-refractivity contribution in [2.24, 2.45) is 0 Å². The first-order valence-corrected chi connectivity index (χ1v) is 8.04. The predicted octanol–water partition coefficient (Wildman–Crippen LogP) is -0.266. The normalized spacial score (nSPS) is 17.1. The first-order valence-electron chi connectivity index (χ1n) is 6.56. The summed E-state index contributed by atoms with van der Waals surface area (Å²) >= 11 is 0. The summed E-state index contributed by atoms with van der Waals surface area (Å²) in [7, 11) is -1.91. The smallest absolute Gasteiger partial charge is 0.260 e. The second-order valence-electron chi connectivity index (χ2n) is 4.46. The molecule has 0 saturated carbocycles. The van der Waals surface area contributed by atoms with Crippen molar-refractivity contribution in [1.29, 1.82) is 0 Å². The standard InChI is InChI=1S/C12H20N4O3S/c1-13-11-3-2-4-14-12(11)20(17,18)15-5-6-16-7-9-19-10-8-16/h2-4,13,15H,5-10H2,1H3. The van der Waals surface area contributed by atoms with E-state index in [0.717, 1.165) is 13.1 Å². The van der Waals surface area contributed by atoms with Gasteiger partial charge in [-0.3, -0.25) is 4.90 Å². The van der Waals surface area contributed by atoms with Crippen LogP contribution < -0.4 is 10.0 Å². The Kier molecular flexibility index (Phi) is 5.30. The molecular formula is C12H20N4O3S. The average molecular weight is 300 g/mol. The summed E-state index contributed by atoms with van der Waals surface area (Å²) in [5.74, 6) is 0. The molecule has 2 heterocycles. The zero-order valence-corrected chi connectivity index (χ0v) is 12.3. The number of anilines is 1. The number of nitrogens with zero attached hydrogens (tertiary/aromatic N) is 2. The number of nitrogens with one attached hydrogen (secondary N) is 2. The maximum atomic E-state index is 12.2. The van der Waals surface area contributed by atoms with Crippen LogP contribution in [0.4, 0.5) is 5.69 Å². The van der Waals surface area contributed by atoms with E-state index in [9.17, 15) is 8.42 Å². The molecule has 1 aromatic rings. The Hall–Kier alpha value is -1.22. The van der Waals surface area contributed by atoms with Crippen molar-refractivity contribution < 1.29 is 13.2 Å². The van der Waals surface area contributed by atoms with Gasteiger partial charge in [-0.15, -0.1) is 0 Å². The Morgan fingerprint density at radius 2 is 2.15 bits per heavy atom. The minimum Gasteiger partial charge on any atom is -0.386 e. The molecule has 0 spiro atoms. The van der Waals surface area contributed by atoms with E-state index in [1.807, 2.05) is 0 Å². The fourth-order valence-electron chi connectivity index (χ4n) is 2.03. The highest BCUT2D eigenvalue weighted by molar-refractivity contribution is 7.89. The van der Waals surface area contributed by atoms with Crippen molar-refractivity contribution in [3.05, 3.63) is 18.3 Å². The molecule has 1 fully saturated rings. The zero-order valence-electron chi connectivity index (χ0n) is 11.5. The molecule has 0 unspecified atom stereocenters. The molecule has 2 rings (SSSR count). The second-order valence-corrected chi connectivity index (χ2v) is 6.14. The number of rotatable bonds is 6. The lowest BCUT2D eigenvalue weighted by atomic mass is 10.4. The Labute approximate surface area is 119 Å². The molecule has 7 nitrogen and oxygen atoms in total. The molecule has 1 aromatic heterocycles. The average Bonchev–Trinajstić information content (AvgIpc) is 2.48. The van der Waals surface area contributed by atoms with E-state index >= 15 is 0 Å². The van der Waals surface area contributed by atoms with Crippen LogP contribution in [0.25, 0.3) is 0 Å². The highest BCUT2D eigenvalue weighted by Crippen LogP contribution is 2.16. The van der Waals surface area contributed by atoms with Crippen molar-refractivity contribution in [3.8, 4) is 0 Å². The number of ether oxygens (including phenoxy) is 1. The van der Waals surface area contributed by atoms with E-state index < -0.39 is 10.0 Å². The van der Waals surface area contributed by atoms with Gasteiger partial charge in [0.2, 0.25) is 0 Å². The van der Waals surface area contributed by atoms with Crippen molar-refractivity contribution >= 4 is 15.7 Å². The number of hydrogen-bond donors (Lipinski definition) is 2. The number of aromatic nitrogens is 1. The minimum atomic E-state index is -3.59. The van der Waals surface area contributed by atoms with Gasteiger partial charge in [0.1, 0.15) is 0 Å². The summed E-state index contributed by atoms with van der Waals surface area (Å²) in [6.45, 7) is 4.13. The van der Waals surface area contributed by atoms with Crippen LogP contribution in [0, 0.1) is 0 Å². The predicted molar refractivity (Wildman–Crippen MR) is 76.2 cm³/mol. The zero-order chi connectivity index (χ0) is 14.4. The van der Waals surface area contributed by atoms with Gasteiger partial charge < -0.3 is 10.1 Å². The van der Waals surface area contributed by atoms with Crippen molar-refractivity contribution in [2.45, 2.75) is 5.03 Å². The molecule has 1 aliphatic heterocycles. The molecule has 0 atom stereocenters. The van der Waals surface area contributed by atoms with Crippen molar-refractivity contribution in [1.82, 2.24) is 14.6 Å². The van der Waals surface area contributed by atoms with Gasteiger partial charge in [0.05, 0.1) is 18.9 Å². The number of hydrogen-bond acceptors (Lipinski definition) is 6. The maximum absolute atomic E-state index is 12.2.